The van der Waals surface area contributed by atoms with Gasteiger partial charge >= 0.3 is 0 Å². The fourth-order valence-corrected chi connectivity index (χ4v) is 7.10. The summed E-state index contributed by atoms with van der Waals surface area (Å²) in [7, 11) is -1.81. The van der Waals surface area contributed by atoms with E-state index in [2.05, 4.69) is 37.5 Å². The lowest BCUT2D eigenvalue weighted by molar-refractivity contribution is -0.136. The smallest absolute Gasteiger partial charge is 0.276 e. The Bertz CT molecular complexity index is 1530. The van der Waals surface area contributed by atoms with Crippen molar-refractivity contribution < 1.29 is 31.8 Å². The molecule has 15 heteroatoms. The van der Waals surface area contributed by atoms with Gasteiger partial charge in [-0.2, -0.15) is 0 Å². The van der Waals surface area contributed by atoms with Crippen LogP contribution in [0.4, 0.5) is 10.1 Å². The van der Waals surface area contributed by atoms with Crippen molar-refractivity contribution >= 4 is 33.4 Å². The number of anilines is 1. The number of hydrogen-bond donors (Lipinski definition) is 3. The van der Waals surface area contributed by atoms with Gasteiger partial charge in [-0.15, -0.1) is 0 Å². The van der Waals surface area contributed by atoms with Gasteiger partial charge in [0.25, 0.3) is 5.91 Å². The molecule has 1 aliphatic heterocycles. The van der Waals surface area contributed by atoms with E-state index < -0.39 is 45.7 Å². The van der Waals surface area contributed by atoms with Crippen molar-refractivity contribution in [1.82, 2.24) is 30.2 Å². The van der Waals surface area contributed by atoms with Crippen LogP contribution in [0, 0.1) is 17.7 Å². The van der Waals surface area contributed by atoms with Crippen LogP contribution >= 0.6 is 0 Å². The SMILES string of the molecule is CCc1nonc1C(=O)N[C@H](C(=O)Nc1ccc([C@H](C)[C@@H](NS(=O)(=O)CC)C(=O)N2CCN(C)[C@@H](C)C2)cc1F)C1CCC(C)CC1. The number of halogens is 1. The van der Waals surface area contributed by atoms with Crippen LogP contribution in [0.1, 0.15) is 88.0 Å². The maximum atomic E-state index is 15.7. The molecule has 2 aliphatic rings. The maximum absolute atomic E-state index is 15.7. The zero-order chi connectivity index (χ0) is 34.5. The average Bonchev–Trinajstić information content (AvgIpc) is 3.54. The third kappa shape index (κ3) is 8.93. The van der Waals surface area contributed by atoms with E-state index in [0.717, 1.165) is 12.8 Å². The molecule has 1 aromatic carbocycles. The molecule has 2 fully saturated rings. The van der Waals surface area contributed by atoms with Crippen molar-refractivity contribution in [1.29, 1.82) is 0 Å². The number of nitrogens with one attached hydrogen (secondary N) is 3. The van der Waals surface area contributed by atoms with Crippen molar-refractivity contribution in [2.24, 2.45) is 11.8 Å². The van der Waals surface area contributed by atoms with E-state index in [9.17, 15) is 22.8 Å². The summed E-state index contributed by atoms with van der Waals surface area (Å²) >= 11 is 0. The monoisotopic (exact) mass is 677 g/mol. The first-order chi connectivity index (χ1) is 22.2. The normalized spacial score (nSPS) is 22.7. The summed E-state index contributed by atoms with van der Waals surface area (Å²) in [5.41, 5.74) is 0.663. The summed E-state index contributed by atoms with van der Waals surface area (Å²) in [5, 5.41) is 12.9. The van der Waals surface area contributed by atoms with Gasteiger partial charge in [-0.25, -0.2) is 22.2 Å². The van der Waals surface area contributed by atoms with Crippen molar-refractivity contribution in [2.45, 2.75) is 90.8 Å². The molecule has 3 amide bonds. The number of hydrogen-bond acceptors (Lipinski definition) is 9. The van der Waals surface area contributed by atoms with E-state index in [1.807, 2.05) is 14.0 Å². The second-order valence-corrected chi connectivity index (χ2v) is 15.1. The lowest BCUT2D eigenvalue weighted by Crippen LogP contribution is -2.58. The van der Waals surface area contributed by atoms with E-state index >= 15 is 4.39 Å². The first-order valence-electron chi connectivity index (χ1n) is 16.5. The summed E-state index contributed by atoms with van der Waals surface area (Å²) in [6.45, 7) is 10.6. The maximum Gasteiger partial charge on any atom is 0.276 e. The van der Waals surface area contributed by atoms with Gasteiger partial charge in [0.1, 0.15) is 23.6 Å². The van der Waals surface area contributed by atoms with Crippen molar-refractivity contribution in [3.8, 4) is 0 Å². The quantitative estimate of drug-likeness (QED) is 0.306. The highest BCUT2D eigenvalue weighted by Crippen LogP contribution is 2.32. The van der Waals surface area contributed by atoms with E-state index in [1.165, 1.54) is 19.1 Å². The number of piperazine rings is 1. The van der Waals surface area contributed by atoms with Gasteiger partial charge in [-0.1, -0.05) is 44.8 Å². The number of carbonyl (C=O) groups excluding carboxylic acids is 3. The Morgan fingerprint density at radius 2 is 1.79 bits per heavy atom. The number of benzene rings is 1. The zero-order valence-electron chi connectivity index (χ0n) is 28.1. The Hall–Kier alpha value is -3.43. The van der Waals surface area contributed by atoms with Crippen molar-refractivity contribution in [3.05, 3.63) is 41.0 Å². The predicted molar refractivity (Wildman–Crippen MR) is 175 cm³/mol. The van der Waals surface area contributed by atoms with Crippen LogP contribution < -0.4 is 15.4 Å². The highest BCUT2D eigenvalue weighted by Gasteiger charge is 2.37. The number of carbonyl (C=O) groups is 3. The molecule has 0 unspecified atom stereocenters. The summed E-state index contributed by atoms with van der Waals surface area (Å²) in [6, 6.07) is 2.16. The van der Waals surface area contributed by atoms with Crippen molar-refractivity contribution in [2.75, 3.05) is 37.8 Å². The summed E-state index contributed by atoms with van der Waals surface area (Å²) < 4.78 is 48.2. The highest BCUT2D eigenvalue weighted by atomic mass is 32.2. The van der Waals surface area contributed by atoms with E-state index in [-0.39, 0.29) is 35.0 Å². The van der Waals surface area contributed by atoms with Gasteiger partial charge in [0.05, 0.1) is 11.4 Å². The molecule has 3 N–H and O–H groups in total. The third-order valence-electron chi connectivity index (χ3n) is 9.71. The standard InChI is InChI=1S/C32H48FN7O6S/c1-7-25-29(37-46-36-25)31(42)35-28(22-11-9-19(3)10-12-22)30(41)34-26-14-13-23(17-24(26)33)21(5)27(38-47(44,45)8-2)32(43)40-16-15-39(6)20(4)18-40/h13-14,17,19-22,27-28,38H,7-12,15-16,18H2,1-6H3,(H,34,41)(H,35,42)/t19?,20-,21-,22?,27+,28-/m0/s1. The molecule has 47 heavy (non-hydrogen) atoms. The second kappa shape index (κ2) is 15.6. The number of aryl methyl sites for hydroxylation is 1. The first kappa shape index (κ1) is 36.4. The third-order valence-corrected chi connectivity index (χ3v) is 11.1. The molecule has 0 radical (unpaired) electrons. The van der Waals surface area contributed by atoms with Crippen LogP contribution in [0.3, 0.4) is 0 Å². The number of aromatic nitrogens is 2. The number of sulfonamides is 1. The minimum absolute atomic E-state index is 0.00725. The fourth-order valence-electron chi connectivity index (χ4n) is 6.24. The zero-order valence-corrected chi connectivity index (χ0v) is 28.9. The van der Waals surface area contributed by atoms with E-state index in [1.54, 1.807) is 24.8 Å². The van der Waals surface area contributed by atoms with Crippen LogP contribution in [-0.4, -0.2) is 96.8 Å². The van der Waals surface area contributed by atoms with Gasteiger partial charge in [-0.3, -0.25) is 14.4 Å². The largest absolute Gasteiger partial charge is 0.338 e. The van der Waals surface area contributed by atoms with E-state index in [0.29, 0.717) is 56.1 Å². The first-order valence-corrected chi connectivity index (χ1v) is 18.1. The molecule has 0 bridgehead atoms. The van der Waals surface area contributed by atoms with Crippen LogP contribution in [0.15, 0.2) is 22.8 Å². The molecule has 4 rings (SSSR count). The topological polar surface area (TPSA) is 167 Å². The number of nitrogens with zero attached hydrogens (tertiary/aromatic N) is 4. The summed E-state index contributed by atoms with van der Waals surface area (Å²) in [4.78, 5) is 44.2. The number of rotatable bonds is 12. The molecule has 13 nitrogen and oxygen atoms in total. The van der Waals surface area contributed by atoms with Gasteiger partial charge in [0, 0.05) is 31.6 Å². The van der Waals surface area contributed by atoms with Crippen molar-refractivity contribution in [3.63, 3.8) is 0 Å². The molecule has 2 aromatic rings. The molecule has 2 heterocycles. The molecule has 1 aromatic heterocycles. The highest BCUT2D eigenvalue weighted by molar-refractivity contribution is 7.89. The number of amides is 3. The van der Waals surface area contributed by atoms with Crippen LogP contribution in [-0.2, 0) is 26.0 Å². The minimum Gasteiger partial charge on any atom is -0.338 e. The molecular formula is C32H48FN7O6S. The molecular weight excluding hydrogens is 629 g/mol. The lowest BCUT2D eigenvalue weighted by Gasteiger charge is -2.40. The Balaban J connectivity index is 1.54. The molecule has 4 atom stereocenters. The molecule has 1 saturated heterocycles. The lowest BCUT2D eigenvalue weighted by atomic mass is 9.79. The fraction of sp³-hybridized carbons (Fsp3) is 0.656. The Morgan fingerprint density at radius 3 is 2.40 bits per heavy atom. The van der Waals surface area contributed by atoms with Gasteiger partial charge in [0.2, 0.25) is 21.8 Å². The Labute approximate surface area is 276 Å². The van der Waals surface area contributed by atoms with Gasteiger partial charge in [-0.05, 0) is 74.8 Å². The second-order valence-electron chi connectivity index (χ2n) is 13.0. The van der Waals surface area contributed by atoms with Crippen LogP contribution in [0.5, 0.6) is 0 Å². The summed E-state index contributed by atoms with van der Waals surface area (Å²) in [6.07, 6.45) is 3.63. The molecule has 0 spiro atoms. The Kier molecular flexibility index (Phi) is 12.1. The van der Waals surface area contributed by atoms with Crippen LogP contribution in [0.25, 0.3) is 0 Å². The molecule has 1 aliphatic carbocycles. The average molecular weight is 678 g/mol. The van der Waals surface area contributed by atoms with E-state index in [4.69, 9.17) is 4.63 Å². The number of likely N-dealkylation sites (N-methyl/N-ethyl adjacent to an activating group) is 1. The molecule has 260 valence electrons. The Morgan fingerprint density at radius 1 is 1.09 bits per heavy atom. The van der Waals surface area contributed by atoms with Crippen LogP contribution in [0.2, 0.25) is 0 Å². The van der Waals surface area contributed by atoms with Gasteiger partial charge < -0.3 is 20.4 Å². The molecule has 1 saturated carbocycles. The predicted octanol–water partition coefficient (Wildman–Crippen LogP) is 2.91. The van der Waals surface area contributed by atoms with Gasteiger partial charge in [0.15, 0.2) is 5.69 Å². The minimum atomic E-state index is -3.78. The summed E-state index contributed by atoms with van der Waals surface area (Å²) in [5.74, 6) is -2.89.